The van der Waals surface area contributed by atoms with Gasteiger partial charge in [0.05, 0.1) is 12.1 Å². The Morgan fingerprint density at radius 3 is 2.50 bits per heavy atom. The maximum Gasteiger partial charge on any atom is 0.261 e. The molecule has 0 fully saturated rings. The highest BCUT2D eigenvalue weighted by Crippen LogP contribution is 2.23. The van der Waals surface area contributed by atoms with Crippen LogP contribution in [0.2, 0.25) is 5.02 Å². The van der Waals surface area contributed by atoms with Gasteiger partial charge in [-0.15, -0.1) is 0 Å². The molecule has 0 saturated heterocycles. The lowest BCUT2D eigenvalue weighted by atomic mass is 10.1. The van der Waals surface area contributed by atoms with Crippen LogP contribution in [0.3, 0.4) is 0 Å². The molecular formula is C23H29ClN2O4. The van der Waals surface area contributed by atoms with Gasteiger partial charge in [-0.25, -0.2) is 0 Å². The van der Waals surface area contributed by atoms with Gasteiger partial charge in [0.25, 0.3) is 5.91 Å². The molecule has 7 heteroatoms. The van der Waals surface area contributed by atoms with E-state index in [1.165, 1.54) is 4.90 Å². The van der Waals surface area contributed by atoms with Gasteiger partial charge < -0.3 is 19.7 Å². The summed E-state index contributed by atoms with van der Waals surface area (Å²) in [5.74, 6) is 0.893. The molecule has 2 amide bonds. The lowest BCUT2D eigenvalue weighted by molar-refractivity contribution is -0.142. The van der Waals surface area contributed by atoms with Crippen molar-refractivity contribution in [2.45, 2.75) is 33.4 Å². The first-order valence-corrected chi connectivity index (χ1v) is 10.3. The molecule has 0 aliphatic heterocycles. The van der Waals surface area contributed by atoms with E-state index in [9.17, 15) is 9.59 Å². The Labute approximate surface area is 183 Å². The lowest BCUT2D eigenvalue weighted by Crippen LogP contribution is -2.49. The van der Waals surface area contributed by atoms with Crippen molar-refractivity contribution in [3.8, 4) is 11.5 Å². The van der Waals surface area contributed by atoms with Crippen molar-refractivity contribution in [1.82, 2.24) is 10.2 Å². The van der Waals surface area contributed by atoms with Gasteiger partial charge in [0.15, 0.2) is 6.61 Å². The largest absolute Gasteiger partial charge is 0.497 e. The molecule has 0 radical (unpaired) electrons. The number of rotatable bonds is 10. The van der Waals surface area contributed by atoms with Crippen LogP contribution in [0, 0.1) is 5.92 Å². The summed E-state index contributed by atoms with van der Waals surface area (Å²) in [5.41, 5.74) is 0.851. The van der Waals surface area contributed by atoms with Gasteiger partial charge in [-0.1, -0.05) is 49.7 Å². The predicted molar refractivity (Wildman–Crippen MR) is 118 cm³/mol. The normalized spacial score (nSPS) is 11.7. The molecule has 162 valence electrons. The first kappa shape index (κ1) is 23.5. The van der Waals surface area contributed by atoms with E-state index in [4.69, 9.17) is 21.1 Å². The van der Waals surface area contributed by atoms with Gasteiger partial charge in [0.2, 0.25) is 5.91 Å². The van der Waals surface area contributed by atoms with E-state index in [1.807, 2.05) is 38.1 Å². The van der Waals surface area contributed by atoms with Crippen LogP contribution in [0.4, 0.5) is 0 Å². The summed E-state index contributed by atoms with van der Waals surface area (Å²) < 4.78 is 10.9. The van der Waals surface area contributed by atoms with E-state index in [0.29, 0.717) is 29.0 Å². The molecule has 1 N–H and O–H groups in total. The van der Waals surface area contributed by atoms with Gasteiger partial charge in [0, 0.05) is 13.1 Å². The quantitative estimate of drug-likeness (QED) is 0.618. The first-order valence-electron chi connectivity index (χ1n) is 9.89. The summed E-state index contributed by atoms with van der Waals surface area (Å²) in [6, 6.07) is 13.7. The number of nitrogens with zero attached hydrogens (tertiary/aromatic N) is 1. The van der Waals surface area contributed by atoms with Crippen molar-refractivity contribution in [2.75, 3.05) is 20.3 Å². The monoisotopic (exact) mass is 432 g/mol. The molecule has 0 unspecified atom stereocenters. The fraction of sp³-hybridized carbons (Fsp3) is 0.391. The predicted octanol–water partition coefficient (Wildman–Crippen LogP) is 3.92. The maximum absolute atomic E-state index is 13.0. The smallest absolute Gasteiger partial charge is 0.261 e. The number of para-hydroxylation sites is 1. The molecule has 0 aromatic heterocycles. The molecule has 6 nitrogen and oxygen atoms in total. The third-order valence-electron chi connectivity index (χ3n) is 4.53. The fourth-order valence-corrected chi connectivity index (χ4v) is 2.98. The van der Waals surface area contributed by atoms with Crippen molar-refractivity contribution >= 4 is 23.4 Å². The van der Waals surface area contributed by atoms with E-state index in [0.717, 1.165) is 5.56 Å². The minimum absolute atomic E-state index is 0.210. The number of hydrogen-bond donors (Lipinski definition) is 1. The molecule has 2 aromatic carbocycles. The van der Waals surface area contributed by atoms with Crippen LogP contribution in [0.15, 0.2) is 48.5 Å². The third-order valence-corrected chi connectivity index (χ3v) is 4.84. The SMILES string of the molecule is COc1cccc(CN(C(=O)COc2ccccc2Cl)[C@H](C)C(=O)NCC(C)C)c1. The minimum Gasteiger partial charge on any atom is -0.497 e. The summed E-state index contributed by atoms with van der Waals surface area (Å²) in [4.78, 5) is 27.2. The number of carbonyl (C=O) groups excluding carboxylic acids is 2. The molecule has 0 saturated carbocycles. The number of benzene rings is 2. The summed E-state index contributed by atoms with van der Waals surface area (Å²) in [5, 5.41) is 3.31. The first-order chi connectivity index (χ1) is 14.3. The molecule has 2 aromatic rings. The highest BCUT2D eigenvalue weighted by Gasteiger charge is 2.26. The van der Waals surface area contributed by atoms with Crippen LogP contribution in [0.1, 0.15) is 26.3 Å². The number of nitrogens with one attached hydrogen (secondary N) is 1. The zero-order valence-corrected chi connectivity index (χ0v) is 18.6. The van der Waals surface area contributed by atoms with Gasteiger partial charge in [-0.05, 0) is 42.7 Å². The third kappa shape index (κ3) is 6.95. The Hall–Kier alpha value is -2.73. The summed E-state index contributed by atoms with van der Waals surface area (Å²) in [7, 11) is 1.58. The number of hydrogen-bond acceptors (Lipinski definition) is 4. The van der Waals surface area contributed by atoms with E-state index >= 15 is 0 Å². The molecule has 2 rings (SSSR count). The topological polar surface area (TPSA) is 67.9 Å². The van der Waals surface area contributed by atoms with Crippen molar-refractivity contribution < 1.29 is 19.1 Å². The molecule has 0 spiro atoms. The molecule has 30 heavy (non-hydrogen) atoms. The summed E-state index contributed by atoms with van der Waals surface area (Å²) in [6.45, 7) is 6.31. The molecule has 1 atom stereocenters. The number of methoxy groups -OCH3 is 1. The average Bonchev–Trinajstić information content (AvgIpc) is 2.74. The summed E-state index contributed by atoms with van der Waals surface area (Å²) >= 11 is 6.11. The summed E-state index contributed by atoms with van der Waals surface area (Å²) in [6.07, 6.45) is 0. The van der Waals surface area contributed by atoms with E-state index < -0.39 is 6.04 Å². The van der Waals surface area contributed by atoms with Crippen LogP contribution in [0.25, 0.3) is 0 Å². The van der Waals surface area contributed by atoms with Crippen molar-refractivity contribution in [1.29, 1.82) is 0 Å². The molecule has 0 heterocycles. The van der Waals surface area contributed by atoms with Crippen LogP contribution in [0.5, 0.6) is 11.5 Å². The van der Waals surface area contributed by atoms with Gasteiger partial charge >= 0.3 is 0 Å². The second-order valence-electron chi connectivity index (χ2n) is 7.41. The Kier molecular flexibility index (Phi) is 8.99. The van der Waals surface area contributed by atoms with Crippen LogP contribution >= 0.6 is 11.6 Å². The number of halogens is 1. The Bertz CT molecular complexity index is 857. The van der Waals surface area contributed by atoms with Crippen molar-refractivity contribution in [3.63, 3.8) is 0 Å². The van der Waals surface area contributed by atoms with E-state index in [-0.39, 0.29) is 25.0 Å². The van der Waals surface area contributed by atoms with Gasteiger partial charge in [-0.2, -0.15) is 0 Å². The fourth-order valence-electron chi connectivity index (χ4n) is 2.79. The minimum atomic E-state index is -0.669. The second kappa shape index (κ2) is 11.5. The average molecular weight is 433 g/mol. The number of carbonyl (C=O) groups is 2. The number of amides is 2. The molecule has 0 aliphatic rings. The Morgan fingerprint density at radius 1 is 1.10 bits per heavy atom. The van der Waals surface area contributed by atoms with Crippen LogP contribution in [-0.2, 0) is 16.1 Å². The van der Waals surface area contributed by atoms with E-state index in [2.05, 4.69) is 5.32 Å². The van der Waals surface area contributed by atoms with Crippen molar-refractivity contribution in [3.05, 3.63) is 59.1 Å². The van der Waals surface area contributed by atoms with Crippen LogP contribution < -0.4 is 14.8 Å². The Morgan fingerprint density at radius 2 is 1.83 bits per heavy atom. The Balaban J connectivity index is 2.17. The zero-order chi connectivity index (χ0) is 22.1. The second-order valence-corrected chi connectivity index (χ2v) is 7.81. The number of ether oxygens (including phenoxy) is 2. The molecule has 0 aliphatic carbocycles. The molecular weight excluding hydrogens is 404 g/mol. The van der Waals surface area contributed by atoms with E-state index in [1.54, 1.807) is 38.3 Å². The highest BCUT2D eigenvalue weighted by molar-refractivity contribution is 6.32. The highest BCUT2D eigenvalue weighted by atomic mass is 35.5. The van der Waals surface area contributed by atoms with Gasteiger partial charge in [0.1, 0.15) is 17.5 Å². The zero-order valence-electron chi connectivity index (χ0n) is 17.9. The van der Waals surface area contributed by atoms with Gasteiger partial charge in [-0.3, -0.25) is 9.59 Å². The lowest BCUT2D eigenvalue weighted by Gasteiger charge is -2.29. The van der Waals surface area contributed by atoms with Crippen LogP contribution in [-0.4, -0.2) is 43.0 Å². The standard InChI is InChI=1S/C23H29ClN2O4/c1-16(2)13-25-23(28)17(3)26(14-18-8-7-9-19(12-18)29-4)22(27)15-30-21-11-6-5-10-20(21)24/h5-12,16-17H,13-15H2,1-4H3,(H,25,28)/t17-/m1/s1. The van der Waals surface area contributed by atoms with Crippen molar-refractivity contribution in [2.24, 2.45) is 5.92 Å². The molecule has 0 bridgehead atoms. The maximum atomic E-state index is 13.0.